The van der Waals surface area contributed by atoms with Crippen LogP contribution < -0.4 is 5.32 Å². The number of Topliss-reactive ketones (excluding diaryl/α,β-unsaturated/α-hetero) is 2. The highest BCUT2D eigenvalue weighted by Crippen LogP contribution is 2.42. The number of hydrogen-bond acceptors (Lipinski definition) is 5. The lowest BCUT2D eigenvalue weighted by molar-refractivity contribution is 0.0692. The van der Waals surface area contributed by atoms with Gasteiger partial charge in [-0.2, -0.15) is 0 Å². The van der Waals surface area contributed by atoms with Gasteiger partial charge in [0.1, 0.15) is 5.92 Å². The molecule has 5 aromatic rings. The number of carbonyl (C=O) groups excluding carboxylic acids is 3. The maximum Gasteiger partial charge on any atom is 0.338 e. The standard InChI is InChI=1S/C30H14Cl4N2O5/c31-22-20(21(30(40)41)23(32)25(34)24(22)33)29(39)36-18-7-3-6-12-8-9-17(35-26(12)18)19-27(37)15-10-13-4-1-2-5-14(13)11-16(15)28(19)38/h1-11,19H,(H,36,39)(H,40,41). The lowest BCUT2D eigenvalue weighted by Crippen LogP contribution is -2.19. The minimum Gasteiger partial charge on any atom is -0.478 e. The minimum absolute atomic E-state index is 0.171. The third-order valence-corrected chi connectivity index (χ3v) is 8.74. The number of aromatic carboxylic acids is 1. The van der Waals surface area contributed by atoms with E-state index in [-0.39, 0.29) is 38.5 Å². The first-order valence-corrected chi connectivity index (χ1v) is 13.5. The van der Waals surface area contributed by atoms with Gasteiger partial charge in [-0.3, -0.25) is 14.4 Å². The van der Waals surface area contributed by atoms with Crippen LogP contribution in [0.2, 0.25) is 20.1 Å². The Kier molecular flexibility index (Phi) is 6.71. The normalized spacial score (nSPS) is 13.2. The topological polar surface area (TPSA) is 113 Å². The molecular formula is C30H14Cl4N2O5. The van der Waals surface area contributed by atoms with Crippen LogP contribution in [0.1, 0.15) is 53.0 Å². The number of rotatable bonds is 4. The number of carboxylic acid groups (broad SMARTS) is 1. The zero-order chi connectivity index (χ0) is 29.2. The lowest BCUT2D eigenvalue weighted by Gasteiger charge is -2.15. The second kappa shape index (κ2) is 10.1. The highest BCUT2D eigenvalue weighted by Gasteiger charge is 2.41. The van der Waals surface area contributed by atoms with Crippen LogP contribution in [0.25, 0.3) is 21.7 Å². The Hall–Kier alpha value is -4.01. The predicted octanol–water partition coefficient (Wildman–Crippen LogP) is 8.11. The molecule has 0 saturated carbocycles. The summed E-state index contributed by atoms with van der Waals surface area (Å²) >= 11 is 24.4. The summed E-state index contributed by atoms with van der Waals surface area (Å²) in [6.07, 6.45) is 0. The largest absolute Gasteiger partial charge is 0.478 e. The first-order valence-electron chi connectivity index (χ1n) is 12.0. The summed E-state index contributed by atoms with van der Waals surface area (Å²) in [6, 6.07) is 19.1. The van der Waals surface area contributed by atoms with Crippen LogP contribution >= 0.6 is 46.4 Å². The number of anilines is 1. The number of fused-ring (bicyclic) bond motifs is 3. The molecule has 0 spiro atoms. The number of aromatic nitrogens is 1. The van der Waals surface area contributed by atoms with Gasteiger partial charge < -0.3 is 10.4 Å². The Morgan fingerprint density at radius 2 is 1.27 bits per heavy atom. The molecule has 0 saturated heterocycles. The molecule has 202 valence electrons. The second-order valence-electron chi connectivity index (χ2n) is 9.29. The molecule has 0 atom stereocenters. The zero-order valence-corrected chi connectivity index (χ0v) is 23.5. The minimum atomic E-state index is -1.54. The molecular weight excluding hydrogens is 610 g/mol. The molecule has 0 fully saturated rings. The van der Waals surface area contributed by atoms with Crippen molar-refractivity contribution in [1.29, 1.82) is 0 Å². The average Bonchev–Trinajstić information content (AvgIpc) is 3.20. The zero-order valence-electron chi connectivity index (χ0n) is 20.5. The van der Waals surface area contributed by atoms with Crippen molar-refractivity contribution in [2.24, 2.45) is 0 Å². The van der Waals surface area contributed by atoms with E-state index in [1.165, 1.54) is 6.07 Å². The molecule has 11 heteroatoms. The van der Waals surface area contributed by atoms with Crippen LogP contribution in [0.5, 0.6) is 0 Å². The van der Waals surface area contributed by atoms with Crippen LogP contribution in [0.15, 0.2) is 66.7 Å². The van der Waals surface area contributed by atoms with Gasteiger partial charge in [0, 0.05) is 16.5 Å². The molecule has 1 heterocycles. The van der Waals surface area contributed by atoms with Gasteiger partial charge >= 0.3 is 5.97 Å². The Morgan fingerprint density at radius 3 is 1.85 bits per heavy atom. The Labute approximate surface area is 251 Å². The summed E-state index contributed by atoms with van der Waals surface area (Å²) in [5, 5.41) is 13.2. The summed E-state index contributed by atoms with van der Waals surface area (Å²) in [5.74, 6) is -4.36. The molecule has 0 unspecified atom stereocenters. The van der Waals surface area contributed by atoms with Crippen molar-refractivity contribution in [3.05, 3.63) is 115 Å². The van der Waals surface area contributed by atoms with Crippen molar-refractivity contribution >= 4 is 97.2 Å². The number of carbonyl (C=O) groups is 4. The van der Waals surface area contributed by atoms with Gasteiger partial charge in [0.25, 0.3) is 5.91 Å². The predicted molar refractivity (Wildman–Crippen MR) is 158 cm³/mol. The SMILES string of the molecule is O=C(O)c1c(Cl)c(Cl)c(Cl)c(Cl)c1C(=O)Nc1cccc2ccc(C3C(=O)c4cc5ccccc5cc4C3=O)nc12. The molecule has 1 aliphatic rings. The first kappa shape index (κ1) is 27.2. The Bertz CT molecular complexity index is 1970. The molecule has 0 bridgehead atoms. The summed E-state index contributed by atoms with van der Waals surface area (Å²) in [7, 11) is 0. The Morgan fingerprint density at radius 1 is 0.707 bits per heavy atom. The fourth-order valence-corrected chi connectivity index (χ4v) is 6.02. The number of amides is 1. The van der Waals surface area contributed by atoms with E-state index in [0.717, 1.165) is 10.8 Å². The van der Waals surface area contributed by atoms with Crippen LogP contribution in [-0.4, -0.2) is 33.5 Å². The molecule has 2 N–H and O–H groups in total. The number of hydrogen-bond donors (Lipinski definition) is 2. The number of ketones is 2. The molecule has 7 nitrogen and oxygen atoms in total. The number of benzene rings is 4. The monoisotopic (exact) mass is 622 g/mol. The van der Waals surface area contributed by atoms with Gasteiger partial charge in [0.05, 0.1) is 48.1 Å². The van der Waals surface area contributed by atoms with Crippen LogP contribution in [-0.2, 0) is 0 Å². The molecule has 1 aliphatic carbocycles. The van der Waals surface area contributed by atoms with Crippen LogP contribution in [0, 0.1) is 0 Å². The highest BCUT2D eigenvalue weighted by atomic mass is 35.5. The Balaban J connectivity index is 1.42. The molecule has 1 aromatic heterocycles. The van der Waals surface area contributed by atoms with Crippen molar-refractivity contribution in [2.45, 2.75) is 5.92 Å². The number of pyridine rings is 1. The molecule has 4 aromatic carbocycles. The van der Waals surface area contributed by atoms with Crippen molar-refractivity contribution in [3.63, 3.8) is 0 Å². The van der Waals surface area contributed by atoms with E-state index in [9.17, 15) is 24.3 Å². The van der Waals surface area contributed by atoms with Crippen molar-refractivity contribution in [3.8, 4) is 0 Å². The van der Waals surface area contributed by atoms with Gasteiger partial charge in [0.2, 0.25) is 0 Å². The number of nitrogens with zero attached hydrogens (tertiary/aromatic N) is 1. The van der Waals surface area contributed by atoms with Gasteiger partial charge in [0.15, 0.2) is 11.6 Å². The third kappa shape index (κ3) is 4.33. The van der Waals surface area contributed by atoms with E-state index in [0.29, 0.717) is 16.5 Å². The van der Waals surface area contributed by atoms with Crippen molar-refractivity contribution < 1.29 is 24.3 Å². The number of nitrogens with one attached hydrogen (secondary N) is 1. The van der Waals surface area contributed by atoms with Crippen molar-refractivity contribution in [1.82, 2.24) is 4.98 Å². The first-order chi connectivity index (χ1) is 19.6. The van der Waals surface area contributed by atoms with Gasteiger partial charge in [-0.25, -0.2) is 9.78 Å². The average molecular weight is 624 g/mol. The summed E-state index contributed by atoms with van der Waals surface area (Å²) < 4.78 is 0. The van der Waals surface area contributed by atoms with E-state index in [1.54, 1.807) is 36.4 Å². The highest BCUT2D eigenvalue weighted by molar-refractivity contribution is 6.54. The van der Waals surface area contributed by atoms with E-state index in [4.69, 9.17) is 46.4 Å². The number of carboxylic acids is 1. The number of para-hydroxylation sites is 1. The lowest BCUT2D eigenvalue weighted by atomic mass is 9.98. The van der Waals surface area contributed by atoms with E-state index < -0.39 is 39.0 Å². The third-order valence-electron chi connectivity index (χ3n) is 6.93. The molecule has 1 amide bonds. The van der Waals surface area contributed by atoms with Gasteiger partial charge in [-0.15, -0.1) is 0 Å². The fraction of sp³-hybridized carbons (Fsp3) is 0.0333. The van der Waals surface area contributed by atoms with Gasteiger partial charge in [-0.1, -0.05) is 88.9 Å². The maximum atomic E-state index is 13.4. The van der Waals surface area contributed by atoms with Gasteiger partial charge in [-0.05, 0) is 35.0 Å². The molecule has 41 heavy (non-hydrogen) atoms. The summed E-state index contributed by atoms with van der Waals surface area (Å²) in [6.45, 7) is 0. The number of halogens is 4. The molecule has 0 radical (unpaired) electrons. The van der Waals surface area contributed by atoms with E-state index in [2.05, 4.69) is 10.3 Å². The summed E-state index contributed by atoms with van der Waals surface area (Å²) in [5.41, 5.74) is 0.185. The summed E-state index contributed by atoms with van der Waals surface area (Å²) in [4.78, 5) is 56.8. The van der Waals surface area contributed by atoms with Crippen LogP contribution in [0.4, 0.5) is 5.69 Å². The second-order valence-corrected chi connectivity index (χ2v) is 10.8. The van der Waals surface area contributed by atoms with Crippen molar-refractivity contribution in [2.75, 3.05) is 5.32 Å². The quantitative estimate of drug-likeness (QED) is 0.119. The van der Waals surface area contributed by atoms with E-state index in [1.807, 2.05) is 24.3 Å². The van der Waals surface area contributed by atoms with Crippen LogP contribution in [0.3, 0.4) is 0 Å². The van der Waals surface area contributed by atoms with E-state index >= 15 is 0 Å². The molecule has 0 aliphatic heterocycles. The molecule has 6 rings (SSSR count). The smallest absolute Gasteiger partial charge is 0.338 e. The fourth-order valence-electron chi connectivity index (χ4n) is 5.00. The maximum absolute atomic E-state index is 13.4.